The van der Waals surface area contributed by atoms with E-state index in [1.807, 2.05) is 39.0 Å². The zero-order valence-electron chi connectivity index (χ0n) is 7.89. The molecule has 0 unspecified atom stereocenters. The molecule has 0 nitrogen and oxygen atoms in total. The van der Waals surface area contributed by atoms with Gasteiger partial charge in [-0.25, -0.2) is 0 Å². The molecule has 66 valence electrons. The molecule has 0 spiro atoms. The van der Waals surface area contributed by atoms with E-state index >= 15 is 0 Å². The molecule has 1 rings (SSSR count). The first-order valence-electron chi connectivity index (χ1n) is 4.12. The van der Waals surface area contributed by atoms with Crippen LogP contribution in [0, 0.1) is 6.92 Å². The monoisotopic (exact) mass is 182 g/mol. The lowest BCUT2D eigenvalue weighted by Crippen LogP contribution is -1.75. The molecule has 0 saturated heterocycles. The molecule has 0 saturated carbocycles. The molecule has 0 fully saturated rings. The van der Waals surface area contributed by atoms with Crippen LogP contribution in [0.4, 0.5) is 0 Å². The molecule has 0 aliphatic carbocycles. The molecule has 0 bridgehead atoms. The minimum Gasteiger partial charge on any atom is -0.0985 e. The van der Waals surface area contributed by atoms with E-state index in [0.29, 0.717) is 0 Å². The lowest BCUT2D eigenvalue weighted by atomic mass is 10.1. The van der Waals surface area contributed by atoms with Crippen LogP contribution in [0.2, 0.25) is 5.02 Å². The first-order valence-corrected chi connectivity index (χ1v) is 4.50. The summed E-state index contributed by atoms with van der Waals surface area (Å²) in [6, 6.07) is 5.86. The van der Waals surface area contributed by atoms with Crippen molar-refractivity contribution in [2.75, 3.05) is 0 Å². The largest absolute Gasteiger partial charge is 0.0985 e. The fraction of sp³-hybridized carbons (Fsp3) is 0.273. The maximum Gasteiger partial charge on any atom is 0.0414 e. The normalized spacial score (nSPS) is 8.33. The van der Waals surface area contributed by atoms with E-state index in [0.717, 1.165) is 10.6 Å². The molecular weight excluding hydrogens is 168 g/mol. The van der Waals surface area contributed by atoms with Crippen LogP contribution in [-0.4, -0.2) is 0 Å². The van der Waals surface area contributed by atoms with Gasteiger partial charge in [0.15, 0.2) is 0 Å². The molecule has 0 amide bonds. The third-order valence-corrected chi connectivity index (χ3v) is 1.52. The Kier molecular flexibility index (Phi) is 5.48. The zero-order chi connectivity index (χ0) is 9.56. The van der Waals surface area contributed by atoms with Crippen molar-refractivity contribution in [3.05, 3.63) is 40.9 Å². The van der Waals surface area contributed by atoms with Crippen molar-refractivity contribution in [1.29, 1.82) is 0 Å². The summed E-state index contributed by atoms with van der Waals surface area (Å²) in [6.45, 7) is 9.67. The standard InChI is InChI=1S/C9H9Cl.C2H6/c1-3-8-4-7(2)5-9(10)6-8;1-2/h3-6H,1H2,2H3;1-2H3. The van der Waals surface area contributed by atoms with Crippen LogP contribution >= 0.6 is 11.6 Å². The van der Waals surface area contributed by atoms with E-state index in [4.69, 9.17) is 11.6 Å². The van der Waals surface area contributed by atoms with Gasteiger partial charge < -0.3 is 0 Å². The number of benzene rings is 1. The minimum absolute atomic E-state index is 0.773. The molecule has 12 heavy (non-hydrogen) atoms. The van der Waals surface area contributed by atoms with Crippen molar-refractivity contribution in [2.24, 2.45) is 0 Å². The smallest absolute Gasteiger partial charge is 0.0414 e. The van der Waals surface area contributed by atoms with Crippen LogP contribution in [0.5, 0.6) is 0 Å². The molecule has 1 heteroatoms. The van der Waals surface area contributed by atoms with E-state index in [1.54, 1.807) is 6.08 Å². The summed E-state index contributed by atoms with van der Waals surface area (Å²) in [5.74, 6) is 0. The predicted octanol–water partition coefficient (Wildman–Crippen LogP) is 4.32. The summed E-state index contributed by atoms with van der Waals surface area (Å²) in [6.07, 6.45) is 1.79. The van der Waals surface area contributed by atoms with Crippen molar-refractivity contribution in [1.82, 2.24) is 0 Å². The zero-order valence-corrected chi connectivity index (χ0v) is 8.65. The van der Waals surface area contributed by atoms with Crippen molar-refractivity contribution < 1.29 is 0 Å². The van der Waals surface area contributed by atoms with Gasteiger partial charge >= 0.3 is 0 Å². The summed E-state index contributed by atoms with van der Waals surface area (Å²) < 4.78 is 0. The van der Waals surface area contributed by atoms with E-state index in [-0.39, 0.29) is 0 Å². The SMILES string of the molecule is C=Cc1cc(C)cc(Cl)c1.CC. The Morgan fingerprint density at radius 2 is 1.83 bits per heavy atom. The van der Waals surface area contributed by atoms with Gasteiger partial charge in [0.1, 0.15) is 0 Å². The lowest BCUT2D eigenvalue weighted by Gasteiger charge is -1.96. The first-order chi connectivity index (χ1) is 5.72. The van der Waals surface area contributed by atoms with Gasteiger partial charge in [-0.15, -0.1) is 0 Å². The average Bonchev–Trinajstić information content (AvgIpc) is 2.06. The van der Waals surface area contributed by atoms with Gasteiger partial charge in [0.2, 0.25) is 0 Å². The van der Waals surface area contributed by atoms with Crippen LogP contribution in [0.15, 0.2) is 24.8 Å². The van der Waals surface area contributed by atoms with Crippen molar-refractivity contribution in [2.45, 2.75) is 20.8 Å². The lowest BCUT2D eigenvalue weighted by molar-refractivity contribution is 1.46. The molecule has 1 aromatic carbocycles. The first kappa shape index (κ1) is 11.2. The van der Waals surface area contributed by atoms with Crippen LogP contribution in [0.1, 0.15) is 25.0 Å². The maximum absolute atomic E-state index is 5.78. The van der Waals surface area contributed by atoms with Gasteiger partial charge in [-0.3, -0.25) is 0 Å². The topological polar surface area (TPSA) is 0 Å². The third-order valence-electron chi connectivity index (χ3n) is 1.30. The van der Waals surface area contributed by atoms with Crippen molar-refractivity contribution >= 4 is 17.7 Å². The molecular formula is C11H15Cl. The van der Waals surface area contributed by atoms with E-state index in [2.05, 4.69) is 6.58 Å². The highest BCUT2D eigenvalue weighted by molar-refractivity contribution is 6.30. The Morgan fingerprint density at radius 1 is 1.25 bits per heavy atom. The quantitative estimate of drug-likeness (QED) is 0.607. The Hall–Kier alpha value is -0.750. The Morgan fingerprint density at radius 3 is 2.25 bits per heavy atom. The average molecular weight is 183 g/mol. The van der Waals surface area contributed by atoms with Crippen LogP contribution in [0.3, 0.4) is 0 Å². The molecule has 1 aromatic rings. The summed E-state index contributed by atoms with van der Waals surface area (Å²) in [5.41, 5.74) is 2.24. The molecule has 0 heterocycles. The third kappa shape index (κ3) is 3.59. The molecule has 0 radical (unpaired) electrons. The number of hydrogen-bond acceptors (Lipinski definition) is 0. The van der Waals surface area contributed by atoms with E-state index < -0.39 is 0 Å². The second-order valence-electron chi connectivity index (χ2n) is 2.27. The summed E-state index contributed by atoms with van der Waals surface area (Å²) in [4.78, 5) is 0. The van der Waals surface area contributed by atoms with Gasteiger partial charge in [0.05, 0.1) is 0 Å². The Labute approximate surface area is 79.9 Å². The highest BCUT2D eigenvalue weighted by Gasteiger charge is 1.90. The minimum atomic E-state index is 0.773. The highest BCUT2D eigenvalue weighted by atomic mass is 35.5. The Bertz CT molecular complexity index is 231. The fourth-order valence-electron chi connectivity index (χ4n) is 0.882. The molecule has 0 aliphatic heterocycles. The molecule has 0 atom stereocenters. The second-order valence-corrected chi connectivity index (χ2v) is 2.70. The van der Waals surface area contributed by atoms with Crippen molar-refractivity contribution in [3.63, 3.8) is 0 Å². The van der Waals surface area contributed by atoms with Gasteiger partial charge in [0.25, 0.3) is 0 Å². The molecule has 0 N–H and O–H groups in total. The van der Waals surface area contributed by atoms with E-state index in [1.165, 1.54) is 5.56 Å². The van der Waals surface area contributed by atoms with Crippen LogP contribution in [0.25, 0.3) is 6.08 Å². The van der Waals surface area contributed by atoms with Gasteiger partial charge in [-0.1, -0.05) is 44.2 Å². The van der Waals surface area contributed by atoms with Crippen molar-refractivity contribution in [3.8, 4) is 0 Å². The number of halogens is 1. The number of rotatable bonds is 1. The van der Waals surface area contributed by atoms with Crippen LogP contribution < -0.4 is 0 Å². The maximum atomic E-state index is 5.78. The summed E-state index contributed by atoms with van der Waals surface area (Å²) in [7, 11) is 0. The Balaban J connectivity index is 0.000000561. The number of hydrogen-bond donors (Lipinski definition) is 0. The predicted molar refractivity (Wildman–Crippen MR) is 57.6 cm³/mol. The molecule has 0 aliphatic rings. The summed E-state index contributed by atoms with van der Waals surface area (Å²) in [5, 5.41) is 0.773. The summed E-state index contributed by atoms with van der Waals surface area (Å²) >= 11 is 5.78. The number of aryl methyl sites for hydroxylation is 1. The van der Waals surface area contributed by atoms with Gasteiger partial charge in [-0.05, 0) is 30.2 Å². The second kappa shape index (κ2) is 5.84. The van der Waals surface area contributed by atoms with Crippen LogP contribution in [-0.2, 0) is 0 Å². The van der Waals surface area contributed by atoms with E-state index in [9.17, 15) is 0 Å². The van der Waals surface area contributed by atoms with Gasteiger partial charge in [0, 0.05) is 5.02 Å². The fourth-order valence-corrected chi connectivity index (χ4v) is 1.18. The molecule has 0 aromatic heterocycles. The van der Waals surface area contributed by atoms with Gasteiger partial charge in [-0.2, -0.15) is 0 Å². The highest BCUT2D eigenvalue weighted by Crippen LogP contribution is 2.14.